The summed E-state index contributed by atoms with van der Waals surface area (Å²) in [5, 5.41) is 12.0. The van der Waals surface area contributed by atoms with E-state index in [-0.39, 0.29) is 49.9 Å². The van der Waals surface area contributed by atoms with Crippen LogP contribution in [0.15, 0.2) is 89.9 Å². The molecule has 2 atom stereocenters. The lowest BCUT2D eigenvalue weighted by atomic mass is 9.80. The number of nitrogens with zero attached hydrogens (tertiary/aromatic N) is 3. The number of rotatable bonds is 19. The van der Waals surface area contributed by atoms with Crippen molar-refractivity contribution < 1.29 is 28.1 Å². The molecule has 12 nitrogen and oxygen atoms in total. The summed E-state index contributed by atoms with van der Waals surface area (Å²) >= 11 is 0. The van der Waals surface area contributed by atoms with E-state index in [0.29, 0.717) is 17.1 Å². The van der Waals surface area contributed by atoms with Crippen LogP contribution in [0.25, 0.3) is 0 Å². The molecule has 1 aromatic heterocycles. The van der Waals surface area contributed by atoms with Crippen molar-refractivity contribution >= 4 is 20.3 Å². The molecule has 0 aliphatic heterocycles. The SMILES string of the molecule is COc1ccc(C(OCC(Cc2cnc(=O)[nH]c2NC(C)=O)O[P@](OCCC#N)N(C(C)C)C(C)C)(c2ccccc2)c2ccc(OC)cc2)cc1. The highest BCUT2D eigenvalue weighted by Gasteiger charge is 2.40. The number of nitriles is 1. The number of aromatic nitrogens is 2. The van der Waals surface area contributed by atoms with Gasteiger partial charge in [-0.15, -0.1) is 0 Å². The zero-order valence-electron chi connectivity index (χ0n) is 30.8. The van der Waals surface area contributed by atoms with Gasteiger partial charge in [-0.25, -0.2) is 14.4 Å². The number of nitrogens with one attached hydrogen (secondary N) is 2. The fourth-order valence-electron chi connectivity index (χ4n) is 5.95. The van der Waals surface area contributed by atoms with Gasteiger partial charge in [0.15, 0.2) is 0 Å². The van der Waals surface area contributed by atoms with Crippen LogP contribution in [-0.2, 0) is 30.6 Å². The van der Waals surface area contributed by atoms with E-state index in [4.69, 9.17) is 23.3 Å². The van der Waals surface area contributed by atoms with Gasteiger partial charge in [0, 0.05) is 37.2 Å². The van der Waals surface area contributed by atoms with Gasteiger partial charge in [0.05, 0.1) is 46.0 Å². The molecule has 0 aliphatic carbocycles. The minimum Gasteiger partial charge on any atom is -0.497 e. The lowest BCUT2D eigenvalue weighted by molar-refractivity contribution is -0.114. The summed E-state index contributed by atoms with van der Waals surface area (Å²) in [6.07, 6.45) is 1.10. The second kappa shape index (κ2) is 19.3. The molecule has 4 rings (SSSR count). The molecule has 3 aromatic carbocycles. The Balaban J connectivity index is 1.89. The minimum absolute atomic E-state index is 0.0239. The fourth-order valence-corrected chi connectivity index (χ4v) is 7.64. The third kappa shape index (κ3) is 10.2. The quantitative estimate of drug-likeness (QED) is 0.0590. The molecular formula is C39H48N5O7P. The smallest absolute Gasteiger partial charge is 0.346 e. The Bertz CT molecular complexity index is 1760. The van der Waals surface area contributed by atoms with Crippen LogP contribution in [0, 0.1) is 11.3 Å². The van der Waals surface area contributed by atoms with E-state index in [1.807, 2.05) is 78.9 Å². The van der Waals surface area contributed by atoms with E-state index in [1.165, 1.54) is 13.1 Å². The van der Waals surface area contributed by atoms with Crippen LogP contribution >= 0.6 is 8.53 Å². The Morgan fingerprint density at radius 3 is 1.98 bits per heavy atom. The monoisotopic (exact) mass is 729 g/mol. The average Bonchev–Trinajstić information content (AvgIpc) is 3.13. The normalized spacial score (nSPS) is 12.8. The summed E-state index contributed by atoms with van der Waals surface area (Å²) in [6, 6.07) is 27.6. The van der Waals surface area contributed by atoms with Crippen molar-refractivity contribution in [2.24, 2.45) is 0 Å². The second-order valence-electron chi connectivity index (χ2n) is 12.6. The summed E-state index contributed by atoms with van der Waals surface area (Å²) in [5.41, 5.74) is 1.34. The number of hydrogen-bond donors (Lipinski definition) is 2. The standard InChI is InChI=1S/C39H48N5O7P/c1-27(2)44(28(3)4)52(50-23-11-22-40)51-36(24-30-25-41-38(46)43-37(30)42-29(5)45)26-49-39(31-12-9-8-10-13-31,32-14-18-34(47-6)19-15-32)33-16-20-35(48-7)21-17-33/h8-10,12-21,25,27-28,36H,11,23-24,26H2,1-7H3,(H2,41,42,43,45,46)/t36?,52-/m0/s1. The summed E-state index contributed by atoms with van der Waals surface area (Å²) in [4.78, 5) is 31.0. The molecule has 0 fully saturated rings. The van der Waals surface area contributed by atoms with Crippen molar-refractivity contribution in [3.63, 3.8) is 0 Å². The molecule has 276 valence electrons. The van der Waals surface area contributed by atoms with Gasteiger partial charge in [0.25, 0.3) is 8.53 Å². The number of ether oxygens (including phenoxy) is 3. The Morgan fingerprint density at radius 1 is 0.923 bits per heavy atom. The molecule has 4 aromatic rings. The molecule has 0 saturated carbocycles. The van der Waals surface area contributed by atoms with Crippen molar-refractivity contribution in [1.82, 2.24) is 14.6 Å². The number of H-pyrrole nitrogens is 1. The van der Waals surface area contributed by atoms with Gasteiger partial charge in [-0.3, -0.25) is 9.78 Å². The van der Waals surface area contributed by atoms with Crippen molar-refractivity contribution in [2.45, 2.75) is 71.2 Å². The van der Waals surface area contributed by atoms with Crippen LogP contribution in [0.4, 0.5) is 5.82 Å². The van der Waals surface area contributed by atoms with Crippen LogP contribution in [-0.4, -0.2) is 66.2 Å². The van der Waals surface area contributed by atoms with Gasteiger partial charge in [0.2, 0.25) is 5.91 Å². The Labute approximate surface area is 307 Å². The molecule has 1 unspecified atom stereocenters. The van der Waals surface area contributed by atoms with Gasteiger partial charge in [-0.2, -0.15) is 5.26 Å². The molecular weight excluding hydrogens is 681 g/mol. The summed E-state index contributed by atoms with van der Waals surface area (Å²) < 4.78 is 33.6. The molecule has 52 heavy (non-hydrogen) atoms. The summed E-state index contributed by atoms with van der Waals surface area (Å²) in [7, 11) is 1.53. The third-order valence-electron chi connectivity index (χ3n) is 8.20. The third-order valence-corrected chi connectivity index (χ3v) is 10.4. The van der Waals surface area contributed by atoms with E-state index >= 15 is 0 Å². The first-order valence-corrected chi connectivity index (χ1v) is 18.2. The molecule has 0 bridgehead atoms. The maximum absolute atomic E-state index is 12.3. The number of methoxy groups -OCH3 is 2. The number of carbonyl (C=O) groups is 1. The van der Waals surface area contributed by atoms with E-state index in [1.54, 1.807) is 14.2 Å². The molecule has 2 N–H and O–H groups in total. The second-order valence-corrected chi connectivity index (χ2v) is 14.0. The van der Waals surface area contributed by atoms with E-state index in [0.717, 1.165) is 16.7 Å². The van der Waals surface area contributed by atoms with Crippen LogP contribution in [0.5, 0.6) is 11.5 Å². The zero-order chi connectivity index (χ0) is 37.7. The number of amides is 1. The number of hydrogen-bond acceptors (Lipinski definition) is 10. The predicted molar refractivity (Wildman–Crippen MR) is 201 cm³/mol. The molecule has 13 heteroatoms. The highest BCUT2D eigenvalue weighted by Crippen LogP contribution is 2.48. The number of carbonyl (C=O) groups excluding carboxylic acids is 1. The van der Waals surface area contributed by atoms with Crippen LogP contribution in [0.3, 0.4) is 0 Å². The first kappa shape index (κ1) is 40.1. The average molecular weight is 730 g/mol. The fraction of sp³-hybridized carbons (Fsp3) is 0.385. The number of benzene rings is 3. The maximum Gasteiger partial charge on any atom is 0.346 e. The Kier molecular flexibility index (Phi) is 14.9. The first-order chi connectivity index (χ1) is 25.0. The van der Waals surface area contributed by atoms with Crippen molar-refractivity contribution in [2.75, 3.05) is 32.8 Å². The van der Waals surface area contributed by atoms with E-state index in [2.05, 4.69) is 53.7 Å². The van der Waals surface area contributed by atoms with Crippen LogP contribution < -0.4 is 20.5 Å². The molecule has 1 amide bonds. The lowest BCUT2D eigenvalue weighted by Crippen LogP contribution is -2.39. The molecule has 0 spiro atoms. The first-order valence-electron chi connectivity index (χ1n) is 17.1. The van der Waals surface area contributed by atoms with Crippen molar-refractivity contribution in [1.29, 1.82) is 5.26 Å². The van der Waals surface area contributed by atoms with E-state index < -0.39 is 25.9 Å². The molecule has 1 heterocycles. The molecule has 0 saturated heterocycles. The van der Waals surface area contributed by atoms with Gasteiger partial charge in [0.1, 0.15) is 22.9 Å². The van der Waals surface area contributed by atoms with Crippen LogP contribution in [0.1, 0.15) is 63.3 Å². The Morgan fingerprint density at radius 2 is 1.48 bits per heavy atom. The highest BCUT2D eigenvalue weighted by molar-refractivity contribution is 7.44. The van der Waals surface area contributed by atoms with Crippen molar-refractivity contribution in [3.05, 3.63) is 118 Å². The Hall–Kier alpha value is -4.63. The lowest BCUT2D eigenvalue weighted by Gasteiger charge is -2.39. The summed E-state index contributed by atoms with van der Waals surface area (Å²) in [6.45, 7) is 9.81. The van der Waals surface area contributed by atoms with Crippen LogP contribution in [0.2, 0.25) is 0 Å². The molecule has 0 aliphatic rings. The maximum atomic E-state index is 12.3. The molecule has 0 radical (unpaired) electrons. The number of anilines is 1. The van der Waals surface area contributed by atoms with Gasteiger partial charge in [-0.05, 0) is 68.7 Å². The van der Waals surface area contributed by atoms with Gasteiger partial charge < -0.3 is 28.6 Å². The van der Waals surface area contributed by atoms with Gasteiger partial charge in [-0.1, -0.05) is 54.6 Å². The van der Waals surface area contributed by atoms with Gasteiger partial charge >= 0.3 is 5.69 Å². The number of aromatic amines is 1. The largest absolute Gasteiger partial charge is 0.497 e. The topological polar surface area (TPSA) is 148 Å². The summed E-state index contributed by atoms with van der Waals surface area (Å²) in [5.74, 6) is 1.26. The zero-order valence-corrected chi connectivity index (χ0v) is 31.7. The predicted octanol–water partition coefficient (Wildman–Crippen LogP) is 6.96. The van der Waals surface area contributed by atoms with Crippen molar-refractivity contribution in [3.8, 4) is 17.6 Å². The van der Waals surface area contributed by atoms with E-state index in [9.17, 15) is 14.9 Å². The highest BCUT2D eigenvalue weighted by atomic mass is 31.2. The minimum atomic E-state index is -1.72.